The first-order chi connectivity index (χ1) is 10.1. The first-order valence-corrected chi connectivity index (χ1v) is 11.3. The molecule has 1 aromatic heterocycles. The molecule has 5 heteroatoms. The van der Waals surface area contributed by atoms with E-state index in [-0.39, 0.29) is 16.8 Å². The van der Waals surface area contributed by atoms with Crippen LogP contribution in [0.15, 0.2) is 0 Å². The van der Waals surface area contributed by atoms with Crippen LogP contribution >= 0.6 is 0 Å². The van der Waals surface area contributed by atoms with E-state index < -0.39 is 8.32 Å². The van der Waals surface area contributed by atoms with Crippen molar-refractivity contribution in [3.8, 4) is 11.8 Å². The third kappa shape index (κ3) is 3.69. The summed E-state index contributed by atoms with van der Waals surface area (Å²) in [5.74, 6) is 0.544. The third-order valence-corrected chi connectivity index (χ3v) is 9.73. The van der Waals surface area contributed by atoms with Crippen LogP contribution in [0, 0.1) is 0 Å². The molecule has 0 aliphatic heterocycles. The largest absolute Gasteiger partial charge is 0.494 e. The smallest absolute Gasteiger partial charge is 0.197 e. The van der Waals surface area contributed by atoms with E-state index in [1.54, 1.807) is 4.57 Å². The fraction of sp³-hybridized carbons (Fsp3) is 0.765. The second kappa shape index (κ2) is 6.28. The van der Waals surface area contributed by atoms with Crippen LogP contribution in [-0.4, -0.2) is 29.7 Å². The number of fused-ring (bicyclic) bond motifs is 1. The van der Waals surface area contributed by atoms with E-state index in [1.165, 1.54) is 0 Å². The van der Waals surface area contributed by atoms with Gasteiger partial charge in [-0.25, -0.2) is 0 Å². The molecule has 0 amide bonds. The van der Waals surface area contributed by atoms with E-state index in [4.69, 9.17) is 4.43 Å². The molecule has 2 rings (SSSR count). The van der Waals surface area contributed by atoms with Crippen molar-refractivity contribution in [1.29, 1.82) is 0 Å². The zero-order valence-corrected chi connectivity index (χ0v) is 15.7. The van der Waals surface area contributed by atoms with Crippen molar-refractivity contribution in [3.05, 3.63) is 11.1 Å². The van der Waals surface area contributed by atoms with Gasteiger partial charge >= 0.3 is 0 Å². The molecule has 1 aromatic rings. The SMILES string of the molecule is CC(C)(C)[Si](C)(C)OCCCCCCn1c(O)c2c(c1O)C2. The monoisotopic (exact) mass is 325 g/mol. The van der Waals surface area contributed by atoms with Gasteiger partial charge in [0.05, 0.1) is 0 Å². The van der Waals surface area contributed by atoms with Gasteiger partial charge in [-0.15, -0.1) is 0 Å². The molecule has 1 aliphatic carbocycles. The number of aromatic nitrogens is 1. The van der Waals surface area contributed by atoms with E-state index in [0.29, 0.717) is 6.54 Å². The van der Waals surface area contributed by atoms with Gasteiger partial charge in [-0.1, -0.05) is 33.6 Å². The molecule has 0 unspecified atom stereocenters. The lowest BCUT2D eigenvalue weighted by molar-refractivity contribution is 0.276. The van der Waals surface area contributed by atoms with E-state index in [0.717, 1.165) is 49.8 Å². The first-order valence-electron chi connectivity index (χ1n) is 8.41. The Kier molecular flexibility index (Phi) is 4.97. The Bertz CT molecular complexity index is 503. The lowest BCUT2D eigenvalue weighted by atomic mass is 10.2. The van der Waals surface area contributed by atoms with Crippen molar-refractivity contribution < 1.29 is 14.6 Å². The summed E-state index contributed by atoms with van der Waals surface area (Å²) in [6, 6.07) is 0. The Morgan fingerprint density at radius 3 is 2.09 bits per heavy atom. The van der Waals surface area contributed by atoms with Gasteiger partial charge in [-0.3, -0.25) is 4.57 Å². The average Bonchev–Trinajstić information content (AvgIpc) is 3.15. The van der Waals surface area contributed by atoms with E-state index in [1.807, 2.05) is 0 Å². The Hall–Kier alpha value is -0.943. The summed E-state index contributed by atoms with van der Waals surface area (Å²) in [4.78, 5) is 0. The van der Waals surface area contributed by atoms with Gasteiger partial charge in [0, 0.05) is 30.7 Å². The normalized spacial score (nSPS) is 14.2. The summed E-state index contributed by atoms with van der Waals surface area (Å²) in [6.07, 6.45) is 5.07. The van der Waals surface area contributed by atoms with Crippen LogP contribution in [0.4, 0.5) is 0 Å². The summed E-state index contributed by atoms with van der Waals surface area (Å²) in [5, 5.41) is 20.0. The molecule has 4 nitrogen and oxygen atoms in total. The molecule has 22 heavy (non-hydrogen) atoms. The van der Waals surface area contributed by atoms with Crippen molar-refractivity contribution in [2.24, 2.45) is 0 Å². The maximum absolute atomic E-state index is 9.86. The molecule has 0 spiro atoms. The summed E-state index contributed by atoms with van der Waals surface area (Å²) < 4.78 is 7.80. The predicted molar refractivity (Wildman–Crippen MR) is 92.2 cm³/mol. The maximum Gasteiger partial charge on any atom is 0.197 e. The van der Waals surface area contributed by atoms with Crippen LogP contribution in [0.1, 0.15) is 57.6 Å². The van der Waals surface area contributed by atoms with Crippen molar-refractivity contribution in [2.75, 3.05) is 6.61 Å². The number of rotatable bonds is 8. The first kappa shape index (κ1) is 17.4. The molecule has 0 fully saturated rings. The van der Waals surface area contributed by atoms with Crippen molar-refractivity contribution in [3.63, 3.8) is 0 Å². The zero-order valence-electron chi connectivity index (χ0n) is 14.7. The number of hydrogen-bond acceptors (Lipinski definition) is 3. The lowest BCUT2D eigenvalue weighted by Gasteiger charge is -2.36. The van der Waals surface area contributed by atoms with Crippen LogP contribution in [0.5, 0.6) is 11.8 Å². The van der Waals surface area contributed by atoms with Crippen LogP contribution < -0.4 is 0 Å². The van der Waals surface area contributed by atoms with E-state index in [9.17, 15) is 10.2 Å². The van der Waals surface area contributed by atoms with Gasteiger partial charge in [-0.05, 0) is 31.0 Å². The average molecular weight is 326 g/mol. The van der Waals surface area contributed by atoms with Gasteiger partial charge in [-0.2, -0.15) is 0 Å². The Balaban J connectivity index is 1.59. The summed E-state index contributed by atoms with van der Waals surface area (Å²) in [5.41, 5.74) is 1.86. The highest BCUT2D eigenvalue weighted by atomic mass is 28.4. The number of aromatic hydroxyl groups is 2. The highest BCUT2D eigenvalue weighted by Gasteiger charge is 2.36. The molecular weight excluding hydrogens is 294 g/mol. The molecule has 0 bridgehead atoms. The second-order valence-electron chi connectivity index (χ2n) is 7.96. The minimum atomic E-state index is -1.60. The van der Waals surface area contributed by atoms with Crippen molar-refractivity contribution >= 4 is 8.32 Å². The molecule has 0 saturated carbocycles. The zero-order chi connectivity index (χ0) is 16.5. The minimum absolute atomic E-state index is 0.272. The molecule has 1 aliphatic rings. The van der Waals surface area contributed by atoms with E-state index in [2.05, 4.69) is 33.9 Å². The molecule has 1 heterocycles. The Morgan fingerprint density at radius 1 is 1.00 bits per heavy atom. The van der Waals surface area contributed by atoms with Crippen molar-refractivity contribution in [1.82, 2.24) is 4.57 Å². The lowest BCUT2D eigenvalue weighted by Crippen LogP contribution is -2.40. The molecule has 0 saturated heterocycles. The molecule has 126 valence electrons. The quantitative estimate of drug-likeness (QED) is 0.559. The van der Waals surface area contributed by atoms with Crippen LogP contribution in [0.2, 0.25) is 18.1 Å². The highest BCUT2D eigenvalue weighted by molar-refractivity contribution is 6.74. The highest BCUT2D eigenvalue weighted by Crippen LogP contribution is 2.46. The van der Waals surface area contributed by atoms with Gasteiger partial charge in [0.25, 0.3) is 0 Å². The van der Waals surface area contributed by atoms with Gasteiger partial charge in [0.15, 0.2) is 20.1 Å². The van der Waals surface area contributed by atoms with Crippen LogP contribution in [-0.2, 0) is 17.4 Å². The standard InChI is InChI=1S/C17H31NO3Si/c1-17(2,3)22(4,5)21-11-9-7-6-8-10-18-15(19)13-12-14(13)16(18)20/h19-20H,6-12H2,1-5H3. The van der Waals surface area contributed by atoms with Gasteiger partial charge in [0.1, 0.15) is 0 Å². The molecule has 0 atom stereocenters. The molecule has 2 N–H and O–H groups in total. The summed E-state index contributed by atoms with van der Waals surface area (Å²) in [7, 11) is -1.60. The minimum Gasteiger partial charge on any atom is -0.494 e. The second-order valence-corrected chi connectivity index (χ2v) is 12.8. The van der Waals surface area contributed by atoms with Crippen LogP contribution in [0.3, 0.4) is 0 Å². The Morgan fingerprint density at radius 2 is 1.55 bits per heavy atom. The fourth-order valence-electron chi connectivity index (χ4n) is 2.47. The fourth-order valence-corrected chi connectivity index (χ4v) is 3.56. The van der Waals surface area contributed by atoms with Gasteiger partial charge < -0.3 is 14.6 Å². The van der Waals surface area contributed by atoms with E-state index >= 15 is 0 Å². The molecule has 0 aromatic carbocycles. The number of hydrogen-bond donors (Lipinski definition) is 2. The predicted octanol–water partition coefficient (Wildman–Crippen LogP) is 4.39. The van der Waals surface area contributed by atoms with Crippen LogP contribution in [0.25, 0.3) is 0 Å². The van der Waals surface area contributed by atoms with Gasteiger partial charge in [0.2, 0.25) is 0 Å². The topological polar surface area (TPSA) is 54.6 Å². The maximum atomic E-state index is 9.86. The number of nitrogens with zero attached hydrogens (tertiary/aromatic N) is 1. The molecular formula is C17H31NO3Si. The number of unbranched alkanes of at least 4 members (excludes halogenated alkanes) is 3. The summed E-state index contributed by atoms with van der Waals surface area (Å²) >= 11 is 0. The molecule has 0 radical (unpaired) electrons. The van der Waals surface area contributed by atoms with Crippen molar-refractivity contribution in [2.45, 2.75) is 77.6 Å². The summed E-state index contributed by atoms with van der Waals surface area (Å²) in [6.45, 7) is 12.9. The Labute approximate surface area is 135 Å². The third-order valence-electron chi connectivity index (χ3n) is 5.19.